The van der Waals surface area contributed by atoms with Gasteiger partial charge in [0.05, 0.1) is 0 Å². The lowest BCUT2D eigenvalue weighted by Crippen LogP contribution is -2.33. The van der Waals surface area contributed by atoms with Gasteiger partial charge in [-0.05, 0) is 24.0 Å². The molecule has 1 unspecified atom stereocenters. The van der Waals surface area contributed by atoms with E-state index in [1.54, 1.807) is 6.07 Å². The number of hydrogen-bond donors (Lipinski definition) is 2. The summed E-state index contributed by atoms with van der Waals surface area (Å²) in [6.07, 6.45) is 1.90. The minimum Gasteiger partial charge on any atom is -0.216 e. The van der Waals surface area contributed by atoms with Crippen molar-refractivity contribution in [1.29, 1.82) is 0 Å². The van der Waals surface area contributed by atoms with Crippen LogP contribution in [0.3, 0.4) is 0 Å². The van der Waals surface area contributed by atoms with Crippen molar-refractivity contribution in [3.8, 4) is 0 Å². The molecule has 0 amide bonds. The first-order chi connectivity index (χ1) is 7.42. The molecule has 7 heteroatoms. The first-order valence-electron chi connectivity index (χ1n) is 4.48. The van der Waals surface area contributed by atoms with E-state index in [1.165, 1.54) is 11.8 Å². The predicted octanol–water partition coefficient (Wildman–Crippen LogP) is 1.54. The van der Waals surface area contributed by atoms with Crippen molar-refractivity contribution in [1.82, 2.24) is 4.72 Å². The molecule has 3 N–H and O–H groups in total. The van der Waals surface area contributed by atoms with Gasteiger partial charge >= 0.3 is 0 Å². The largest absolute Gasteiger partial charge is 0.274 e. The van der Waals surface area contributed by atoms with Crippen molar-refractivity contribution < 1.29 is 8.42 Å². The maximum Gasteiger partial charge on any atom is 0.274 e. The summed E-state index contributed by atoms with van der Waals surface area (Å²) in [5, 5.41) is 5.50. The maximum absolute atomic E-state index is 10.8. The molecule has 90 valence electrons. The lowest BCUT2D eigenvalue weighted by Gasteiger charge is -2.14. The quantitative estimate of drug-likeness (QED) is 0.859. The Hall–Kier alpha value is -0.270. The fraction of sp³-hybridized carbons (Fsp3) is 0.333. The molecule has 4 nitrogen and oxygen atoms in total. The number of nitrogens with two attached hydrogens (primary N) is 1. The summed E-state index contributed by atoms with van der Waals surface area (Å²) in [5.41, 5.74) is 0.969. The molecule has 0 fully saturated rings. The Morgan fingerprint density at radius 1 is 1.56 bits per heavy atom. The van der Waals surface area contributed by atoms with E-state index >= 15 is 0 Å². The number of benzene rings is 1. The highest BCUT2D eigenvalue weighted by atomic mass is 35.5. The van der Waals surface area contributed by atoms with Gasteiger partial charge in [0, 0.05) is 16.8 Å². The lowest BCUT2D eigenvalue weighted by atomic mass is 10.1. The molecule has 0 saturated carbocycles. The van der Waals surface area contributed by atoms with Crippen molar-refractivity contribution >= 4 is 33.6 Å². The lowest BCUT2D eigenvalue weighted by molar-refractivity contribution is 0.583. The van der Waals surface area contributed by atoms with Crippen LogP contribution >= 0.6 is 23.4 Å². The van der Waals surface area contributed by atoms with E-state index < -0.39 is 10.2 Å². The van der Waals surface area contributed by atoms with Gasteiger partial charge in [0.25, 0.3) is 10.2 Å². The van der Waals surface area contributed by atoms with Crippen molar-refractivity contribution in [2.75, 3.05) is 12.8 Å². The first kappa shape index (κ1) is 13.8. The molecular weight excluding hydrogens is 268 g/mol. The molecule has 0 saturated heterocycles. The van der Waals surface area contributed by atoms with Crippen molar-refractivity contribution in [2.45, 2.75) is 5.25 Å². The summed E-state index contributed by atoms with van der Waals surface area (Å²) in [6, 6.07) is 7.32. The number of hydrogen-bond acceptors (Lipinski definition) is 3. The summed E-state index contributed by atoms with van der Waals surface area (Å²) in [5.74, 6) is 0. The van der Waals surface area contributed by atoms with Crippen molar-refractivity contribution in [3.05, 3.63) is 34.9 Å². The van der Waals surface area contributed by atoms with E-state index in [4.69, 9.17) is 16.7 Å². The van der Waals surface area contributed by atoms with E-state index in [0.717, 1.165) is 5.56 Å². The number of rotatable bonds is 5. The molecule has 0 aliphatic carbocycles. The fourth-order valence-electron chi connectivity index (χ4n) is 1.24. The van der Waals surface area contributed by atoms with Gasteiger partial charge in [-0.3, -0.25) is 0 Å². The minimum absolute atomic E-state index is 0.00275. The van der Waals surface area contributed by atoms with Crippen LogP contribution in [0.25, 0.3) is 0 Å². The molecule has 0 spiro atoms. The van der Waals surface area contributed by atoms with E-state index in [-0.39, 0.29) is 11.8 Å². The van der Waals surface area contributed by atoms with Crippen LogP contribution in [0.5, 0.6) is 0 Å². The molecule has 1 aromatic rings. The molecule has 16 heavy (non-hydrogen) atoms. The van der Waals surface area contributed by atoms with Gasteiger partial charge in [-0.1, -0.05) is 23.7 Å². The zero-order valence-corrected chi connectivity index (χ0v) is 11.1. The van der Waals surface area contributed by atoms with E-state index in [9.17, 15) is 8.42 Å². The summed E-state index contributed by atoms with van der Waals surface area (Å²) < 4.78 is 23.8. The molecule has 0 radical (unpaired) electrons. The van der Waals surface area contributed by atoms with E-state index in [0.29, 0.717) is 5.02 Å². The van der Waals surface area contributed by atoms with Crippen LogP contribution in [0, 0.1) is 0 Å². The molecule has 0 aliphatic rings. The molecule has 1 aromatic carbocycles. The van der Waals surface area contributed by atoms with Crippen molar-refractivity contribution in [3.63, 3.8) is 0 Å². The smallest absolute Gasteiger partial charge is 0.216 e. The Morgan fingerprint density at radius 2 is 2.25 bits per heavy atom. The van der Waals surface area contributed by atoms with Crippen LogP contribution < -0.4 is 9.86 Å². The monoisotopic (exact) mass is 280 g/mol. The zero-order valence-electron chi connectivity index (χ0n) is 8.68. The average molecular weight is 281 g/mol. The third kappa shape index (κ3) is 4.71. The van der Waals surface area contributed by atoms with Crippen LogP contribution in [-0.2, 0) is 10.2 Å². The Morgan fingerprint density at radius 3 is 2.75 bits per heavy atom. The molecule has 1 rings (SSSR count). The number of nitrogens with one attached hydrogen (secondary N) is 1. The SMILES string of the molecule is CSC(CNS(N)(=O)=O)c1cccc(Cl)c1. The van der Waals surface area contributed by atoms with E-state index in [1.807, 2.05) is 24.5 Å². The van der Waals surface area contributed by atoms with Gasteiger partial charge in [0.2, 0.25) is 0 Å². The van der Waals surface area contributed by atoms with Crippen LogP contribution in [-0.4, -0.2) is 21.2 Å². The zero-order chi connectivity index (χ0) is 12.2. The molecule has 0 heterocycles. The highest BCUT2D eigenvalue weighted by Crippen LogP contribution is 2.27. The van der Waals surface area contributed by atoms with Crippen LogP contribution in [0.4, 0.5) is 0 Å². The average Bonchev–Trinajstić information content (AvgIpc) is 2.17. The fourth-order valence-corrected chi connectivity index (χ4v) is 2.61. The Bertz CT molecular complexity index is 451. The minimum atomic E-state index is -3.64. The van der Waals surface area contributed by atoms with Gasteiger partial charge in [0.15, 0.2) is 0 Å². The molecule has 0 aliphatic heterocycles. The van der Waals surface area contributed by atoms with Gasteiger partial charge < -0.3 is 0 Å². The summed E-state index contributed by atoms with van der Waals surface area (Å²) in [7, 11) is -3.64. The highest BCUT2D eigenvalue weighted by Gasteiger charge is 2.12. The Labute approximate surface area is 105 Å². The first-order valence-corrected chi connectivity index (χ1v) is 7.69. The van der Waals surface area contributed by atoms with Gasteiger partial charge in [-0.2, -0.15) is 20.2 Å². The third-order valence-electron chi connectivity index (χ3n) is 1.97. The number of thioether (sulfide) groups is 1. The van der Waals surface area contributed by atoms with Gasteiger partial charge in [-0.25, -0.2) is 9.86 Å². The second-order valence-corrected chi connectivity index (χ2v) is 6.03. The van der Waals surface area contributed by atoms with Crippen LogP contribution in [0.1, 0.15) is 10.8 Å². The summed E-state index contributed by atoms with van der Waals surface area (Å²) in [4.78, 5) is 0. The van der Waals surface area contributed by atoms with Gasteiger partial charge in [-0.15, -0.1) is 0 Å². The van der Waals surface area contributed by atoms with Gasteiger partial charge in [0.1, 0.15) is 0 Å². The summed E-state index contributed by atoms with van der Waals surface area (Å²) >= 11 is 7.39. The van der Waals surface area contributed by atoms with E-state index in [2.05, 4.69) is 4.72 Å². The van der Waals surface area contributed by atoms with Crippen LogP contribution in [0.15, 0.2) is 24.3 Å². The third-order valence-corrected chi connectivity index (χ3v) is 3.79. The normalized spacial score (nSPS) is 13.7. The standard InChI is InChI=1S/C9H13ClN2O2S2/c1-15-9(6-12-16(11,13)14)7-3-2-4-8(10)5-7/h2-5,9,12H,6H2,1H3,(H2,11,13,14). The number of halogens is 1. The predicted molar refractivity (Wildman–Crippen MR) is 68.8 cm³/mol. The molecule has 1 atom stereocenters. The Kier molecular flexibility index (Phi) is 5.07. The second-order valence-electron chi connectivity index (χ2n) is 3.17. The topological polar surface area (TPSA) is 72.2 Å². The molecule has 0 aromatic heterocycles. The highest BCUT2D eigenvalue weighted by molar-refractivity contribution is 7.98. The Balaban J connectivity index is 2.75. The molecule has 0 bridgehead atoms. The van der Waals surface area contributed by atoms with Crippen LogP contribution in [0.2, 0.25) is 5.02 Å². The summed E-state index contributed by atoms with van der Waals surface area (Å²) in [6.45, 7) is 0.250. The molecular formula is C9H13ClN2O2S2. The van der Waals surface area contributed by atoms with Crippen molar-refractivity contribution in [2.24, 2.45) is 5.14 Å². The maximum atomic E-state index is 10.8. The second kappa shape index (κ2) is 5.88.